The van der Waals surface area contributed by atoms with E-state index in [9.17, 15) is 19.7 Å². The molecule has 8 heteroatoms. The summed E-state index contributed by atoms with van der Waals surface area (Å²) in [5.41, 5.74) is 1.33. The predicted octanol–water partition coefficient (Wildman–Crippen LogP) is 3.13. The minimum atomic E-state index is -0.525. The molecule has 0 aromatic heterocycles. The molecular weight excluding hydrogens is 360 g/mol. The van der Waals surface area contributed by atoms with Crippen LogP contribution in [-0.4, -0.2) is 41.8 Å². The number of hydrogen-bond donors (Lipinski definition) is 2. The lowest BCUT2D eigenvalue weighted by Crippen LogP contribution is -2.44. The Morgan fingerprint density at radius 1 is 1.18 bits per heavy atom. The lowest BCUT2D eigenvalue weighted by Gasteiger charge is -2.32. The van der Waals surface area contributed by atoms with E-state index in [1.54, 1.807) is 11.9 Å². The van der Waals surface area contributed by atoms with Gasteiger partial charge in [0.25, 0.3) is 11.6 Å². The summed E-state index contributed by atoms with van der Waals surface area (Å²) < 4.78 is 0. The van der Waals surface area contributed by atoms with Crippen LogP contribution < -0.4 is 10.6 Å². The van der Waals surface area contributed by atoms with E-state index in [0.717, 1.165) is 0 Å². The Morgan fingerprint density at radius 2 is 1.93 bits per heavy atom. The second-order valence-electron chi connectivity index (χ2n) is 6.68. The Bertz CT molecular complexity index is 885. The van der Waals surface area contributed by atoms with Gasteiger partial charge in [-0.3, -0.25) is 19.7 Å². The molecule has 0 bridgehead atoms. The van der Waals surface area contributed by atoms with Gasteiger partial charge in [0, 0.05) is 43.6 Å². The Kier molecular flexibility index (Phi) is 5.88. The molecule has 1 aliphatic rings. The fourth-order valence-corrected chi connectivity index (χ4v) is 3.35. The molecule has 3 rings (SSSR count). The zero-order valence-electron chi connectivity index (χ0n) is 15.6. The van der Waals surface area contributed by atoms with Crippen molar-refractivity contribution in [2.75, 3.05) is 30.8 Å². The number of anilines is 2. The first kappa shape index (κ1) is 19.3. The van der Waals surface area contributed by atoms with Crippen molar-refractivity contribution in [2.24, 2.45) is 5.92 Å². The SMILES string of the molecule is CNc1ccc([N+](=O)[O-])cc1C(=O)N1CCCC(C(=O)Nc2ccccc2)C1. The molecule has 2 aromatic rings. The van der Waals surface area contributed by atoms with Gasteiger partial charge in [-0.1, -0.05) is 18.2 Å². The van der Waals surface area contributed by atoms with Crippen LogP contribution in [0.1, 0.15) is 23.2 Å². The van der Waals surface area contributed by atoms with Gasteiger partial charge in [0.1, 0.15) is 0 Å². The maximum Gasteiger partial charge on any atom is 0.270 e. The summed E-state index contributed by atoms with van der Waals surface area (Å²) in [5, 5.41) is 16.9. The van der Waals surface area contributed by atoms with Crippen LogP contribution in [0, 0.1) is 16.0 Å². The zero-order valence-corrected chi connectivity index (χ0v) is 15.6. The van der Waals surface area contributed by atoms with Crippen LogP contribution in [-0.2, 0) is 4.79 Å². The molecule has 146 valence electrons. The number of amides is 2. The molecular formula is C20H22N4O4. The third kappa shape index (κ3) is 4.28. The Labute approximate surface area is 162 Å². The molecule has 1 saturated heterocycles. The van der Waals surface area contributed by atoms with Crippen LogP contribution in [0.2, 0.25) is 0 Å². The normalized spacial score (nSPS) is 16.3. The molecule has 0 aliphatic carbocycles. The standard InChI is InChI=1S/C20H22N4O4/c1-21-18-10-9-16(24(27)28)12-17(18)20(26)23-11-5-6-14(13-23)19(25)22-15-7-3-2-4-8-15/h2-4,7-10,12,14,21H,5-6,11,13H2,1H3,(H,22,25). The van der Waals surface area contributed by atoms with Gasteiger partial charge >= 0.3 is 0 Å². The quantitative estimate of drug-likeness (QED) is 0.611. The van der Waals surface area contributed by atoms with Crippen molar-refractivity contribution in [2.45, 2.75) is 12.8 Å². The molecule has 1 heterocycles. The molecule has 0 spiro atoms. The Morgan fingerprint density at radius 3 is 2.61 bits per heavy atom. The minimum Gasteiger partial charge on any atom is -0.387 e. The van der Waals surface area contributed by atoms with Crippen molar-refractivity contribution in [1.29, 1.82) is 0 Å². The predicted molar refractivity (Wildman–Crippen MR) is 106 cm³/mol. The van der Waals surface area contributed by atoms with Crippen LogP contribution in [0.4, 0.5) is 17.1 Å². The smallest absolute Gasteiger partial charge is 0.270 e. The maximum absolute atomic E-state index is 13.0. The summed E-state index contributed by atoms with van der Waals surface area (Å²) in [7, 11) is 1.66. The monoisotopic (exact) mass is 382 g/mol. The van der Waals surface area contributed by atoms with Crippen molar-refractivity contribution in [3.05, 3.63) is 64.2 Å². The first-order chi connectivity index (χ1) is 13.5. The number of nitro benzene ring substituents is 1. The number of piperidine rings is 1. The third-order valence-corrected chi connectivity index (χ3v) is 4.83. The lowest BCUT2D eigenvalue weighted by molar-refractivity contribution is -0.384. The summed E-state index contributed by atoms with van der Waals surface area (Å²) in [6, 6.07) is 13.3. The topological polar surface area (TPSA) is 105 Å². The first-order valence-electron chi connectivity index (χ1n) is 9.11. The molecule has 1 atom stereocenters. The number of carbonyl (C=O) groups is 2. The van der Waals surface area contributed by atoms with E-state index >= 15 is 0 Å². The molecule has 1 unspecified atom stereocenters. The fraction of sp³-hybridized carbons (Fsp3) is 0.300. The number of nitro groups is 1. The van der Waals surface area contributed by atoms with Gasteiger partial charge in [-0.25, -0.2) is 0 Å². The number of nitrogens with one attached hydrogen (secondary N) is 2. The second kappa shape index (κ2) is 8.51. The van der Waals surface area contributed by atoms with Gasteiger partial charge in [0.05, 0.1) is 16.4 Å². The number of hydrogen-bond acceptors (Lipinski definition) is 5. The van der Waals surface area contributed by atoms with Gasteiger partial charge in [0.2, 0.25) is 5.91 Å². The molecule has 2 aromatic carbocycles. The number of para-hydroxylation sites is 1. The van der Waals surface area contributed by atoms with Crippen LogP contribution in [0.5, 0.6) is 0 Å². The molecule has 0 radical (unpaired) electrons. The number of carbonyl (C=O) groups excluding carboxylic acids is 2. The van der Waals surface area contributed by atoms with Crippen molar-refractivity contribution in [3.8, 4) is 0 Å². The summed E-state index contributed by atoms with van der Waals surface area (Å²) in [5.74, 6) is -0.767. The van der Waals surface area contributed by atoms with Gasteiger partial charge in [-0.15, -0.1) is 0 Å². The molecule has 2 N–H and O–H groups in total. The highest BCUT2D eigenvalue weighted by Crippen LogP contribution is 2.26. The van der Waals surface area contributed by atoms with E-state index in [-0.39, 0.29) is 35.5 Å². The van der Waals surface area contributed by atoms with E-state index in [1.165, 1.54) is 18.2 Å². The number of nitrogens with zero attached hydrogens (tertiary/aromatic N) is 2. The highest BCUT2D eigenvalue weighted by molar-refractivity contribution is 6.01. The van der Waals surface area contributed by atoms with Gasteiger partial charge < -0.3 is 15.5 Å². The van der Waals surface area contributed by atoms with Gasteiger partial charge in [0.15, 0.2) is 0 Å². The highest BCUT2D eigenvalue weighted by atomic mass is 16.6. The highest BCUT2D eigenvalue weighted by Gasteiger charge is 2.30. The van der Waals surface area contributed by atoms with Crippen molar-refractivity contribution < 1.29 is 14.5 Å². The van der Waals surface area contributed by atoms with Crippen molar-refractivity contribution in [3.63, 3.8) is 0 Å². The number of likely N-dealkylation sites (tertiary alicyclic amines) is 1. The minimum absolute atomic E-state index is 0.128. The number of benzene rings is 2. The molecule has 28 heavy (non-hydrogen) atoms. The molecule has 8 nitrogen and oxygen atoms in total. The second-order valence-corrected chi connectivity index (χ2v) is 6.68. The van der Waals surface area contributed by atoms with Crippen molar-refractivity contribution >= 4 is 28.9 Å². The average molecular weight is 382 g/mol. The average Bonchev–Trinajstić information content (AvgIpc) is 2.73. The van der Waals surface area contributed by atoms with Crippen LogP contribution in [0.3, 0.4) is 0 Å². The summed E-state index contributed by atoms with van der Waals surface area (Å²) in [6.07, 6.45) is 1.39. The maximum atomic E-state index is 13.0. The van der Waals surface area contributed by atoms with Gasteiger partial charge in [-0.05, 0) is 31.0 Å². The molecule has 0 saturated carbocycles. The largest absolute Gasteiger partial charge is 0.387 e. The Balaban J connectivity index is 1.75. The molecule has 2 amide bonds. The summed E-state index contributed by atoms with van der Waals surface area (Å²) in [6.45, 7) is 0.795. The summed E-state index contributed by atoms with van der Waals surface area (Å²) >= 11 is 0. The van der Waals surface area contributed by atoms with E-state index < -0.39 is 4.92 Å². The van der Waals surface area contributed by atoms with E-state index in [1.807, 2.05) is 30.3 Å². The number of non-ortho nitro benzene ring substituents is 1. The number of rotatable bonds is 5. The zero-order chi connectivity index (χ0) is 20.1. The van der Waals surface area contributed by atoms with Gasteiger partial charge in [-0.2, -0.15) is 0 Å². The van der Waals surface area contributed by atoms with E-state index in [4.69, 9.17) is 0 Å². The van der Waals surface area contributed by atoms with Crippen LogP contribution in [0.15, 0.2) is 48.5 Å². The molecule has 1 fully saturated rings. The molecule has 1 aliphatic heterocycles. The van der Waals surface area contributed by atoms with Crippen LogP contribution in [0.25, 0.3) is 0 Å². The van der Waals surface area contributed by atoms with E-state index in [0.29, 0.717) is 30.8 Å². The summed E-state index contributed by atoms with van der Waals surface area (Å²) in [4.78, 5) is 37.7. The fourth-order valence-electron chi connectivity index (χ4n) is 3.35. The van der Waals surface area contributed by atoms with Crippen molar-refractivity contribution in [1.82, 2.24) is 4.90 Å². The Hall–Kier alpha value is -3.42. The third-order valence-electron chi connectivity index (χ3n) is 4.83. The van der Waals surface area contributed by atoms with E-state index in [2.05, 4.69) is 10.6 Å². The van der Waals surface area contributed by atoms with Crippen LogP contribution >= 0.6 is 0 Å². The lowest BCUT2D eigenvalue weighted by atomic mass is 9.96. The first-order valence-corrected chi connectivity index (χ1v) is 9.11.